The van der Waals surface area contributed by atoms with Crippen LogP contribution in [0.5, 0.6) is 11.5 Å². The molecule has 0 saturated heterocycles. The van der Waals surface area contributed by atoms with E-state index in [-0.39, 0.29) is 0 Å². The van der Waals surface area contributed by atoms with E-state index in [1.165, 1.54) is 43.8 Å². The van der Waals surface area contributed by atoms with Gasteiger partial charge in [-0.2, -0.15) is 0 Å². The molecule has 8 aromatic rings. The van der Waals surface area contributed by atoms with Crippen LogP contribution >= 0.6 is 0 Å². The zero-order valence-electron chi connectivity index (χ0n) is 24.5. The van der Waals surface area contributed by atoms with Crippen molar-refractivity contribution in [2.24, 2.45) is 0 Å². The van der Waals surface area contributed by atoms with Crippen molar-refractivity contribution in [3.63, 3.8) is 0 Å². The summed E-state index contributed by atoms with van der Waals surface area (Å²) in [6.07, 6.45) is 2.18. The first-order valence-electron chi connectivity index (χ1n) is 15.0. The first kappa shape index (κ1) is 24.8. The van der Waals surface area contributed by atoms with Crippen molar-refractivity contribution in [3.8, 4) is 22.9 Å². The van der Waals surface area contributed by atoms with Gasteiger partial charge in [0, 0.05) is 39.4 Å². The number of hydrogen-bond donors (Lipinski definition) is 0. The Hall–Kier alpha value is -5.74. The normalized spacial score (nSPS) is 12.5. The van der Waals surface area contributed by atoms with E-state index in [0.717, 1.165) is 39.9 Å². The fourth-order valence-corrected chi connectivity index (χ4v) is 6.82. The topological polar surface area (TPSA) is 22.3 Å². The Labute approximate surface area is 255 Å². The van der Waals surface area contributed by atoms with E-state index >= 15 is 0 Å². The van der Waals surface area contributed by atoms with E-state index in [1.807, 2.05) is 0 Å². The maximum atomic E-state index is 6.39. The molecule has 0 radical (unpaired) electrons. The van der Waals surface area contributed by atoms with E-state index in [4.69, 9.17) is 4.74 Å². The second kappa shape index (κ2) is 9.38. The van der Waals surface area contributed by atoms with Crippen LogP contribution in [0, 0.1) is 13.8 Å². The van der Waals surface area contributed by atoms with Crippen molar-refractivity contribution >= 4 is 49.8 Å². The summed E-state index contributed by atoms with van der Waals surface area (Å²) in [5, 5.41) is 3.74. The molecule has 0 amide bonds. The minimum Gasteiger partial charge on any atom is -0.453 e. The maximum Gasteiger partial charge on any atom is 0.151 e. The smallest absolute Gasteiger partial charge is 0.151 e. The van der Waals surface area contributed by atoms with Gasteiger partial charge in [0.25, 0.3) is 0 Å². The lowest BCUT2D eigenvalue weighted by Crippen LogP contribution is -2.16. The van der Waals surface area contributed by atoms with Crippen LogP contribution in [-0.2, 0) is 0 Å². The Kier molecular flexibility index (Phi) is 5.29. The molecule has 4 heteroatoms. The molecule has 1 aliphatic heterocycles. The lowest BCUT2D eigenvalue weighted by Gasteiger charge is -2.33. The minimum atomic E-state index is 0.875. The monoisotopic (exact) mass is 567 g/mol. The molecule has 44 heavy (non-hydrogen) atoms. The zero-order chi connectivity index (χ0) is 29.4. The Morgan fingerprint density at radius 3 is 1.91 bits per heavy atom. The molecule has 210 valence electrons. The molecule has 9 rings (SSSR count). The van der Waals surface area contributed by atoms with Gasteiger partial charge >= 0.3 is 0 Å². The van der Waals surface area contributed by atoms with Gasteiger partial charge in [0.05, 0.1) is 27.9 Å². The van der Waals surface area contributed by atoms with Gasteiger partial charge in [-0.15, -0.1) is 0 Å². The summed E-state index contributed by atoms with van der Waals surface area (Å²) in [5.74, 6) is 1.75. The first-order valence-corrected chi connectivity index (χ1v) is 15.0. The quantitative estimate of drug-likeness (QED) is 0.212. The molecule has 0 spiro atoms. The van der Waals surface area contributed by atoms with Crippen molar-refractivity contribution in [2.45, 2.75) is 13.8 Å². The summed E-state index contributed by atoms with van der Waals surface area (Å²) in [7, 11) is 0. The van der Waals surface area contributed by atoms with Crippen LogP contribution < -0.4 is 9.64 Å². The highest BCUT2D eigenvalue weighted by atomic mass is 16.5. The molecule has 3 heterocycles. The van der Waals surface area contributed by atoms with Crippen molar-refractivity contribution in [2.75, 3.05) is 4.90 Å². The number of para-hydroxylation sites is 2. The third kappa shape index (κ3) is 3.64. The van der Waals surface area contributed by atoms with Gasteiger partial charge in [-0.25, -0.2) is 0 Å². The Bertz CT molecular complexity index is 2330. The number of hydrogen-bond acceptors (Lipinski definition) is 2. The number of fused-ring (bicyclic) bond motifs is 7. The van der Waals surface area contributed by atoms with Crippen LogP contribution in [0.3, 0.4) is 0 Å². The summed E-state index contributed by atoms with van der Waals surface area (Å²) in [5.41, 5.74) is 11.4. The molecule has 6 aromatic carbocycles. The maximum absolute atomic E-state index is 6.39. The molecular formula is C40H29N3O. The van der Waals surface area contributed by atoms with E-state index in [1.54, 1.807) is 0 Å². The van der Waals surface area contributed by atoms with Gasteiger partial charge in [0.15, 0.2) is 11.5 Å². The van der Waals surface area contributed by atoms with E-state index in [0.29, 0.717) is 0 Å². The molecule has 2 aromatic heterocycles. The van der Waals surface area contributed by atoms with Crippen LogP contribution in [0.1, 0.15) is 11.1 Å². The zero-order valence-corrected chi connectivity index (χ0v) is 24.5. The number of ether oxygens (including phenoxy) is 1. The number of aryl methyl sites for hydroxylation is 2. The fraction of sp³-hybridized carbons (Fsp3) is 0.0500. The number of benzene rings is 6. The second-order valence-electron chi connectivity index (χ2n) is 11.7. The van der Waals surface area contributed by atoms with Crippen LogP contribution in [0.25, 0.3) is 44.1 Å². The van der Waals surface area contributed by atoms with Crippen LogP contribution in [0.4, 0.5) is 17.1 Å². The van der Waals surface area contributed by atoms with Crippen LogP contribution in [-0.4, -0.2) is 9.13 Å². The van der Waals surface area contributed by atoms with Crippen molar-refractivity contribution in [1.29, 1.82) is 0 Å². The number of aromatic nitrogens is 2. The fourth-order valence-electron chi connectivity index (χ4n) is 6.82. The minimum absolute atomic E-state index is 0.875. The Morgan fingerprint density at radius 1 is 0.523 bits per heavy atom. The second-order valence-corrected chi connectivity index (χ2v) is 11.7. The molecule has 1 aliphatic rings. The predicted molar refractivity (Wildman–Crippen MR) is 182 cm³/mol. The molecule has 4 nitrogen and oxygen atoms in total. The Balaban J connectivity index is 1.24. The average Bonchev–Trinajstić information content (AvgIpc) is 3.63. The SMILES string of the molecule is Cc1ccc2c(c1)Oc1cc(C)ccc1N2c1ccc(-n2c3ccccc3c3c4c(ccc32)ccn4-c2ccccc2)cc1. The van der Waals surface area contributed by atoms with E-state index in [9.17, 15) is 0 Å². The lowest BCUT2D eigenvalue weighted by molar-refractivity contribution is 0.476. The van der Waals surface area contributed by atoms with Crippen molar-refractivity contribution in [3.05, 3.63) is 151 Å². The molecular weight excluding hydrogens is 538 g/mol. The third-order valence-electron chi connectivity index (χ3n) is 8.82. The highest BCUT2D eigenvalue weighted by molar-refractivity contribution is 6.20. The first-order chi connectivity index (χ1) is 21.6. The summed E-state index contributed by atoms with van der Waals surface area (Å²) < 4.78 is 11.1. The number of nitrogens with zero attached hydrogens (tertiary/aromatic N) is 3. The number of anilines is 3. The third-order valence-corrected chi connectivity index (χ3v) is 8.82. The standard InChI is InChI=1S/C40H29N3O/c1-26-12-19-34-37(24-26)44-38-25-27(2)13-20-35(38)43(34)31-17-15-30(16-18-31)42-33-11-7-6-10-32(33)39-36(42)21-14-28-22-23-41(40(28)39)29-8-4-3-5-9-29/h3-25H,1-2H3. The van der Waals surface area contributed by atoms with Gasteiger partial charge < -0.3 is 18.8 Å². The summed E-state index contributed by atoms with van der Waals surface area (Å²) in [6, 6.07) is 47.8. The molecule has 0 aliphatic carbocycles. The molecule has 0 unspecified atom stereocenters. The predicted octanol–water partition coefficient (Wildman–Crippen LogP) is 10.9. The van der Waals surface area contributed by atoms with Gasteiger partial charge in [-0.1, -0.05) is 54.6 Å². The molecule has 0 bridgehead atoms. The van der Waals surface area contributed by atoms with Crippen molar-refractivity contribution < 1.29 is 4.74 Å². The van der Waals surface area contributed by atoms with Crippen LogP contribution in [0.15, 0.2) is 140 Å². The summed E-state index contributed by atoms with van der Waals surface area (Å²) >= 11 is 0. The van der Waals surface area contributed by atoms with Gasteiger partial charge in [0.2, 0.25) is 0 Å². The van der Waals surface area contributed by atoms with Crippen LogP contribution in [0.2, 0.25) is 0 Å². The summed E-state index contributed by atoms with van der Waals surface area (Å²) in [6.45, 7) is 4.20. The highest BCUT2D eigenvalue weighted by Gasteiger charge is 2.26. The van der Waals surface area contributed by atoms with Gasteiger partial charge in [-0.05, 0) is 104 Å². The molecule has 0 N–H and O–H groups in total. The summed E-state index contributed by atoms with van der Waals surface area (Å²) in [4.78, 5) is 2.30. The van der Waals surface area contributed by atoms with E-state index < -0.39 is 0 Å². The molecule has 0 saturated carbocycles. The van der Waals surface area contributed by atoms with E-state index in [2.05, 4.69) is 168 Å². The number of rotatable bonds is 3. The van der Waals surface area contributed by atoms with Crippen molar-refractivity contribution in [1.82, 2.24) is 9.13 Å². The van der Waals surface area contributed by atoms with Gasteiger partial charge in [0.1, 0.15) is 0 Å². The van der Waals surface area contributed by atoms with Gasteiger partial charge in [-0.3, -0.25) is 0 Å². The molecule has 0 fully saturated rings. The largest absolute Gasteiger partial charge is 0.453 e. The highest BCUT2D eigenvalue weighted by Crippen LogP contribution is 2.51. The Morgan fingerprint density at radius 2 is 1.18 bits per heavy atom. The molecule has 0 atom stereocenters. The average molecular weight is 568 g/mol. The lowest BCUT2D eigenvalue weighted by atomic mass is 10.1.